The molecule has 124 valence electrons. The first kappa shape index (κ1) is 17.9. The van der Waals surface area contributed by atoms with Crippen LogP contribution in [0.5, 0.6) is 0 Å². The van der Waals surface area contributed by atoms with Crippen LogP contribution in [0.25, 0.3) is 0 Å². The minimum Gasteiger partial charge on any atom is -0.387 e. The number of rotatable bonds is 7. The number of hydrogen-bond donors (Lipinski definition) is 2. The number of halogens is 1. The summed E-state index contributed by atoms with van der Waals surface area (Å²) >= 11 is 1.59. The molecule has 0 aromatic heterocycles. The van der Waals surface area contributed by atoms with Crippen molar-refractivity contribution in [1.82, 2.24) is 4.72 Å². The summed E-state index contributed by atoms with van der Waals surface area (Å²) < 4.78 is 39.2. The molecule has 4 nitrogen and oxygen atoms in total. The molecule has 2 rings (SSSR count). The lowest BCUT2D eigenvalue weighted by atomic mass is 10.1. The lowest BCUT2D eigenvalue weighted by Crippen LogP contribution is -2.29. The molecule has 0 spiro atoms. The second kappa shape index (κ2) is 7.92. The van der Waals surface area contributed by atoms with E-state index in [1.54, 1.807) is 23.9 Å². The number of nitrogens with one attached hydrogen (secondary N) is 1. The second-order valence-electron chi connectivity index (χ2n) is 5.02. The highest BCUT2D eigenvalue weighted by molar-refractivity contribution is 7.98. The fourth-order valence-corrected chi connectivity index (χ4v) is 3.55. The van der Waals surface area contributed by atoms with Gasteiger partial charge in [0.05, 0.1) is 11.9 Å². The number of sulfonamides is 1. The van der Waals surface area contributed by atoms with Gasteiger partial charge in [0, 0.05) is 11.4 Å². The third-order valence-electron chi connectivity index (χ3n) is 3.27. The van der Waals surface area contributed by atoms with E-state index in [0.29, 0.717) is 11.1 Å². The molecule has 7 heteroatoms. The molecule has 23 heavy (non-hydrogen) atoms. The Balaban J connectivity index is 1.93. The van der Waals surface area contributed by atoms with Crippen molar-refractivity contribution in [2.24, 2.45) is 0 Å². The minimum absolute atomic E-state index is 0.109. The van der Waals surface area contributed by atoms with Crippen LogP contribution < -0.4 is 4.72 Å². The Bertz CT molecular complexity index is 731. The van der Waals surface area contributed by atoms with E-state index in [4.69, 9.17) is 0 Å². The van der Waals surface area contributed by atoms with Crippen molar-refractivity contribution >= 4 is 21.8 Å². The van der Waals surface area contributed by atoms with E-state index in [-0.39, 0.29) is 12.3 Å². The van der Waals surface area contributed by atoms with E-state index in [2.05, 4.69) is 4.72 Å². The summed E-state index contributed by atoms with van der Waals surface area (Å²) in [5.41, 5.74) is 1.13. The fourth-order valence-electron chi connectivity index (χ4n) is 2.00. The van der Waals surface area contributed by atoms with Gasteiger partial charge in [-0.1, -0.05) is 24.3 Å². The Hall–Kier alpha value is -1.41. The molecular weight excluding hydrogens is 337 g/mol. The van der Waals surface area contributed by atoms with Gasteiger partial charge in [0.25, 0.3) is 0 Å². The van der Waals surface area contributed by atoms with Crippen LogP contribution in [-0.4, -0.2) is 26.3 Å². The van der Waals surface area contributed by atoms with Crippen LogP contribution in [0.2, 0.25) is 0 Å². The van der Waals surface area contributed by atoms with E-state index >= 15 is 0 Å². The molecule has 0 heterocycles. The Kier molecular flexibility index (Phi) is 6.17. The molecule has 0 aliphatic carbocycles. The average Bonchev–Trinajstić information content (AvgIpc) is 2.55. The summed E-state index contributed by atoms with van der Waals surface area (Å²) in [7, 11) is -3.60. The first-order valence-electron chi connectivity index (χ1n) is 6.93. The van der Waals surface area contributed by atoms with Gasteiger partial charge in [-0.15, -0.1) is 11.8 Å². The Morgan fingerprint density at radius 3 is 2.30 bits per heavy atom. The monoisotopic (exact) mass is 355 g/mol. The van der Waals surface area contributed by atoms with E-state index in [0.717, 1.165) is 4.90 Å². The Morgan fingerprint density at radius 1 is 1.13 bits per heavy atom. The van der Waals surface area contributed by atoms with Crippen LogP contribution in [-0.2, 0) is 15.8 Å². The molecule has 1 atom stereocenters. The molecule has 0 saturated carbocycles. The summed E-state index contributed by atoms with van der Waals surface area (Å²) in [5, 5.41) is 10.1. The maximum absolute atomic E-state index is 12.8. The average molecular weight is 355 g/mol. The van der Waals surface area contributed by atoms with Gasteiger partial charge in [-0.3, -0.25) is 0 Å². The number of aliphatic hydroxyl groups excluding tert-OH is 1. The van der Waals surface area contributed by atoms with Crippen molar-refractivity contribution in [3.05, 3.63) is 65.5 Å². The molecule has 1 unspecified atom stereocenters. The van der Waals surface area contributed by atoms with Crippen molar-refractivity contribution in [3.63, 3.8) is 0 Å². The van der Waals surface area contributed by atoms with Crippen LogP contribution in [0.4, 0.5) is 4.39 Å². The summed E-state index contributed by atoms with van der Waals surface area (Å²) in [4.78, 5) is 1.07. The van der Waals surface area contributed by atoms with E-state index in [1.165, 1.54) is 24.3 Å². The molecule has 0 saturated heterocycles. The van der Waals surface area contributed by atoms with Crippen molar-refractivity contribution < 1.29 is 17.9 Å². The predicted molar refractivity (Wildman–Crippen MR) is 90.2 cm³/mol. The predicted octanol–water partition coefficient (Wildman–Crippen LogP) is 2.70. The van der Waals surface area contributed by atoms with Gasteiger partial charge >= 0.3 is 0 Å². The molecule has 0 bridgehead atoms. The fraction of sp³-hybridized carbons (Fsp3) is 0.250. The summed E-state index contributed by atoms with van der Waals surface area (Å²) in [5.74, 6) is -0.672. The molecule has 0 radical (unpaired) electrons. The number of benzene rings is 2. The maximum atomic E-state index is 12.8. The zero-order valence-electron chi connectivity index (χ0n) is 12.6. The highest BCUT2D eigenvalue weighted by Crippen LogP contribution is 2.19. The molecule has 0 fully saturated rings. The first-order valence-corrected chi connectivity index (χ1v) is 9.81. The van der Waals surface area contributed by atoms with Gasteiger partial charge in [-0.2, -0.15) is 0 Å². The largest absolute Gasteiger partial charge is 0.387 e. The van der Waals surface area contributed by atoms with Crippen LogP contribution >= 0.6 is 11.8 Å². The van der Waals surface area contributed by atoms with Crippen LogP contribution in [0.3, 0.4) is 0 Å². The molecule has 2 aromatic carbocycles. The van der Waals surface area contributed by atoms with Crippen molar-refractivity contribution in [3.8, 4) is 0 Å². The lowest BCUT2D eigenvalue weighted by molar-refractivity contribution is 0.182. The van der Waals surface area contributed by atoms with Crippen molar-refractivity contribution in [2.45, 2.75) is 16.8 Å². The molecule has 0 aliphatic heterocycles. The lowest BCUT2D eigenvalue weighted by Gasteiger charge is -2.13. The van der Waals surface area contributed by atoms with Crippen LogP contribution in [0, 0.1) is 5.82 Å². The van der Waals surface area contributed by atoms with Crippen molar-refractivity contribution in [2.75, 3.05) is 12.8 Å². The molecule has 2 N–H and O–H groups in total. The van der Waals surface area contributed by atoms with Crippen molar-refractivity contribution in [1.29, 1.82) is 0 Å². The van der Waals surface area contributed by atoms with Gasteiger partial charge in [0.1, 0.15) is 5.82 Å². The van der Waals surface area contributed by atoms with Gasteiger partial charge in [0.2, 0.25) is 10.0 Å². The second-order valence-corrected chi connectivity index (χ2v) is 7.71. The first-order chi connectivity index (χ1) is 10.9. The molecular formula is C16H18FNO3S2. The SMILES string of the molecule is CSc1ccc(C(O)CNS(=O)(=O)Cc2ccc(F)cc2)cc1. The topological polar surface area (TPSA) is 66.4 Å². The van der Waals surface area contributed by atoms with Gasteiger partial charge in [0.15, 0.2) is 0 Å². The number of hydrogen-bond acceptors (Lipinski definition) is 4. The molecule has 2 aromatic rings. The maximum Gasteiger partial charge on any atom is 0.215 e. The normalized spacial score (nSPS) is 13.0. The van der Waals surface area contributed by atoms with E-state index in [1.807, 2.05) is 18.4 Å². The Morgan fingerprint density at radius 2 is 1.74 bits per heavy atom. The third-order valence-corrected chi connectivity index (χ3v) is 5.33. The van der Waals surface area contributed by atoms with Crippen LogP contribution in [0.15, 0.2) is 53.4 Å². The Labute approximate surface area is 139 Å². The molecule has 0 aliphatic rings. The van der Waals surface area contributed by atoms with E-state index in [9.17, 15) is 17.9 Å². The summed E-state index contributed by atoms with van der Waals surface area (Å²) in [6, 6.07) is 12.6. The number of aliphatic hydroxyl groups is 1. The van der Waals surface area contributed by atoms with E-state index < -0.39 is 21.9 Å². The number of thioether (sulfide) groups is 1. The zero-order chi connectivity index (χ0) is 16.9. The highest BCUT2D eigenvalue weighted by atomic mass is 32.2. The van der Waals surface area contributed by atoms with Gasteiger partial charge < -0.3 is 5.11 Å². The quantitative estimate of drug-likeness (QED) is 0.750. The van der Waals surface area contributed by atoms with Crippen LogP contribution in [0.1, 0.15) is 17.2 Å². The summed E-state index contributed by atoms with van der Waals surface area (Å²) in [6.07, 6.45) is 1.03. The highest BCUT2D eigenvalue weighted by Gasteiger charge is 2.15. The minimum atomic E-state index is -3.60. The van der Waals surface area contributed by atoms with Gasteiger partial charge in [-0.25, -0.2) is 17.5 Å². The smallest absolute Gasteiger partial charge is 0.215 e. The molecule has 0 amide bonds. The summed E-state index contributed by atoms with van der Waals surface area (Å²) in [6.45, 7) is -0.109. The zero-order valence-corrected chi connectivity index (χ0v) is 14.2. The third kappa shape index (κ3) is 5.62. The standard InChI is InChI=1S/C16H18FNO3S2/c1-22-15-8-4-13(5-9-15)16(19)10-18-23(20,21)11-12-2-6-14(17)7-3-12/h2-9,16,18-19H,10-11H2,1H3. The van der Waals surface area contributed by atoms with Gasteiger partial charge in [-0.05, 0) is 41.6 Å².